The molecule has 0 aliphatic carbocycles. The van der Waals surface area contributed by atoms with Crippen LogP contribution in [0.15, 0.2) is 12.2 Å². The van der Waals surface area contributed by atoms with Gasteiger partial charge < -0.3 is 190 Å². The molecule has 0 saturated carbocycles. The highest BCUT2D eigenvalue weighted by Gasteiger charge is 2.60. The average Bonchev–Trinajstić information content (AvgIpc) is 0.771. The zero-order chi connectivity index (χ0) is 90.0. The molecule has 0 spiro atoms. The van der Waals surface area contributed by atoms with Crippen molar-refractivity contribution in [3.8, 4) is 0 Å². The lowest BCUT2D eigenvalue weighted by atomic mass is 9.93. The van der Waals surface area contributed by atoms with Crippen molar-refractivity contribution in [2.75, 3.05) is 52.9 Å². The number of amides is 3. The number of aliphatic hydroxyl groups is 21. The molecule has 24 N–H and O–H groups in total. The maximum atomic E-state index is 13.6. The highest BCUT2D eigenvalue weighted by atomic mass is 16.8. The summed E-state index contributed by atoms with van der Waals surface area (Å²) in [4.78, 5) is 39.5. The average molecular weight is 1780 g/mol. The van der Waals surface area contributed by atoms with Gasteiger partial charge in [-0.1, -0.05) is 180 Å². The van der Waals surface area contributed by atoms with Gasteiger partial charge in [0.1, 0.15) is 171 Å². The highest BCUT2D eigenvalue weighted by molar-refractivity contribution is 5.76. The molecule has 7 rings (SSSR count). The number of ether oxygens (including phenoxy) is 14. The second-order valence-electron chi connectivity index (χ2n) is 33.5. The van der Waals surface area contributed by atoms with Crippen LogP contribution in [0.4, 0.5) is 0 Å². The fourth-order valence-corrected chi connectivity index (χ4v) is 16.6. The van der Waals surface area contributed by atoms with E-state index in [9.17, 15) is 122 Å². The third-order valence-electron chi connectivity index (χ3n) is 23.8. The van der Waals surface area contributed by atoms with E-state index in [0.29, 0.717) is 12.8 Å². The molecule has 0 bridgehead atoms. The molecule has 0 radical (unpaired) electrons. The van der Waals surface area contributed by atoms with E-state index >= 15 is 0 Å². The summed E-state index contributed by atoms with van der Waals surface area (Å²) in [5.74, 6) is -2.14. The van der Waals surface area contributed by atoms with E-state index in [4.69, 9.17) is 66.3 Å². The molecular weight excluding hydrogens is 1630 g/mol. The number of unbranched alkanes of at least 4 members (excludes halogenated alkanes) is 25. The quantitative estimate of drug-likeness (QED) is 0.0201. The maximum Gasteiger partial charge on any atom is 0.220 e. The molecule has 0 aromatic heterocycles. The topological polar surface area (TPSA) is 641 Å². The zero-order valence-electron chi connectivity index (χ0n) is 71.3. The molecule has 7 fully saturated rings. The van der Waals surface area contributed by atoms with Gasteiger partial charge in [0.2, 0.25) is 17.7 Å². The van der Waals surface area contributed by atoms with Crippen LogP contribution in [0.3, 0.4) is 0 Å². The fourth-order valence-electron chi connectivity index (χ4n) is 16.6. The monoisotopic (exact) mass is 1780 g/mol. The minimum atomic E-state index is -2.31. The van der Waals surface area contributed by atoms with Crippen molar-refractivity contribution in [3.63, 3.8) is 0 Å². The van der Waals surface area contributed by atoms with Gasteiger partial charge in [-0.25, -0.2) is 0 Å². The normalized spacial score (nSPS) is 38.7. The first-order valence-electron chi connectivity index (χ1n) is 44.5. The number of rotatable bonds is 55. The lowest BCUT2D eigenvalue weighted by molar-refractivity contribution is -0.389. The Morgan fingerprint density at radius 1 is 0.317 bits per heavy atom. The summed E-state index contributed by atoms with van der Waals surface area (Å²) in [5, 5.41) is 242. The molecule has 3 amide bonds. The summed E-state index contributed by atoms with van der Waals surface area (Å²) in [5.41, 5.74) is 0. The van der Waals surface area contributed by atoms with Crippen LogP contribution in [-0.2, 0) is 80.7 Å². The molecule has 0 aromatic carbocycles. The third kappa shape index (κ3) is 31.2. The van der Waals surface area contributed by atoms with E-state index in [0.717, 1.165) is 65.2 Å². The summed E-state index contributed by atoms with van der Waals surface area (Å²) >= 11 is 0. The maximum absolute atomic E-state index is 13.6. The summed E-state index contributed by atoms with van der Waals surface area (Å²) in [7, 11) is 0. The van der Waals surface area contributed by atoms with E-state index in [1.54, 1.807) is 6.08 Å². The lowest BCUT2D eigenvalue weighted by Gasteiger charge is -2.51. The van der Waals surface area contributed by atoms with Crippen LogP contribution < -0.4 is 16.0 Å². The van der Waals surface area contributed by atoms with Crippen LogP contribution in [0.2, 0.25) is 0 Å². The number of carbonyl (C=O) groups is 3. The van der Waals surface area contributed by atoms with Crippen LogP contribution in [0.5, 0.6) is 0 Å². The highest BCUT2D eigenvalue weighted by Crippen LogP contribution is 2.39. The van der Waals surface area contributed by atoms with Gasteiger partial charge in [0, 0.05) is 20.3 Å². The molecule has 37 atom stereocenters. The lowest BCUT2D eigenvalue weighted by Crippen LogP contribution is -2.71. The number of nitrogens with one attached hydrogen (secondary N) is 3. The van der Waals surface area contributed by atoms with Gasteiger partial charge in [-0.05, 0) is 19.3 Å². The van der Waals surface area contributed by atoms with Crippen molar-refractivity contribution in [2.24, 2.45) is 0 Å². The molecule has 7 aliphatic rings. The van der Waals surface area contributed by atoms with E-state index in [1.807, 2.05) is 6.08 Å². The van der Waals surface area contributed by atoms with Gasteiger partial charge in [-0.3, -0.25) is 14.4 Å². The van der Waals surface area contributed by atoms with E-state index in [2.05, 4.69) is 29.8 Å². The minimum Gasteiger partial charge on any atom is -0.394 e. The van der Waals surface area contributed by atoms with Crippen molar-refractivity contribution < 1.29 is 188 Å². The predicted molar refractivity (Wildman–Crippen MR) is 426 cm³/mol. The van der Waals surface area contributed by atoms with Gasteiger partial charge in [0.05, 0.1) is 65.0 Å². The Kier molecular flexibility index (Phi) is 48.5. The Morgan fingerprint density at radius 3 is 0.951 bits per heavy atom. The Balaban J connectivity index is 0.987. The molecule has 41 nitrogen and oxygen atoms in total. The summed E-state index contributed by atoms with van der Waals surface area (Å²) in [6.45, 7) is -1.25. The zero-order valence-corrected chi connectivity index (χ0v) is 71.3. The standard InChI is InChI=1S/C82H147N3O38/c1-5-7-9-11-13-15-17-19-20-22-24-26-28-30-32-34-54(96)85-45(46(95)33-31-29-27-25-23-21-18-16-14-12-10-8-6-2)42-110-78-66(106)64(104)72(53(41-92)117-78)120-82-68(108)74(59(99)49(37-88)114-82)122-77-55(83-43(3)93)61(101)70(51(39-90)115-77)118-80-67(107)73(58(98)48(36-87)112-80)121-76-56(84-44(4)94)62(102)71(52(40-91)116-76)119-81-69(109)75(60(100)50(38-89)113-81)123-79-65(105)63(103)57(97)47(35-86)111-79/h31,33,45-53,55-82,86-92,95,97-109H,5-30,32,34-42H2,1-4H3,(H,83,93)(H,84,94)(H,85,96)/b33-31+/t45-,46+,47?,48?,49?,50?,51?,52?,53?,55?,56?,57-,58-,59-,60-,61+,62+,63-,64+,65?,66?,67?,68?,69?,70+,71+,72+,73-,74-,75-,76-,77-,78+,79+,80-,81-,82-/m0/s1. The SMILES string of the molecule is CCCCCCCCCCCCC/C=C/[C@@H](O)[C@H](CO[C@@H]1OC(CO)[C@@H](O[C@@H]2OC(CO)[C@H](O)[C@H](O[C@@H]3OC(CO)[C@@H](O[C@@H]4OC(CO)[C@H](O)[C@H](O[C@@H]5OC(CO)[C@@H](O[C@@H]6OC(CO)[C@H](O)[C@H](O[C@H]7OC(CO)[C@H](O)[C@H](O)C7O)C6O)[C@H](O)C5NC(C)=O)C4O)[C@H](O)C3NC(C)=O)C2O)[C@H](O)C1O)NC(=O)CCCCCCCCCCCCCCCCC. The van der Waals surface area contributed by atoms with Gasteiger partial charge in [0.25, 0.3) is 0 Å². The molecule has 123 heavy (non-hydrogen) atoms. The predicted octanol–water partition coefficient (Wildman–Crippen LogP) is -4.60. The van der Waals surface area contributed by atoms with Crippen molar-refractivity contribution >= 4 is 17.7 Å². The molecule has 7 aliphatic heterocycles. The number of carbonyl (C=O) groups excluding carboxylic acids is 3. The molecule has 7 heterocycles. The molecule has 0 aromatic rings. The molecule has 7 saturated heterocycles. The van der Waals surface area contributed by atoms with Crippen LogP contribution in [-0.4, -0.2) is 405 Å². The molecule has 41 heteroatoms. The number of hydrogen-bond donors (Lipinski definition) is 24. The van der Waals surface area contributed by atoms with E-state index in [-0.39, 0.29) is 12.3 Å². The summed E-state index contributed by atoms with van der Waals surface area (Å²) in [6, 6.07) is -4.83. The van der Waals surface area contributed by atoms with E-state index < -0.39 is 292 Å². The Hall–Kier alpha value is -3.25. The summed E-state index contributed by atoms with van der Waals surface area (Å²) < 4.78 is 82.5. The molecule has 14 unspecified atom stereocenters. The third-order valence-corrected chi connectivity index (χ3v) is 23.8. The van der Waals surface area contributed by atoms with Gasteiger partial charge in [0.15, 0.2) is 44.0 Å². The van der Waals surface area contributed by atoms with Crippen LogP contribution >= 0.6 is 0 Å². The van der Waals surface area contributed by atoms with Crippen LogP contribution in [0.25, 0.3) is 0 Å². The van der Waals surface area contributed by atoms with Gasteiger partial charge >= 0.3 is 0 Å². The Bertz CT molecular complexity index is 2930. The number of aliphatic hydroxyl groups excluding tert-OH is 21. The van der Waals surface area contributed by atoms with Crippen molar-refractivity contribution in [3.05, 3.63) is 12.2 Å². The van der Waals surface area contributed by atoms with Crippen molar-refractivity contribution in [1.29, 1.82) is 0 Å². The Labute approximate surface area is 718 Å². The summed E-state index contributed by atoms with van der Waals surface area (Å²) in [6.07, 6.45) is -32.1. The van der Waals surface area contributed by atoms with Crippen molar-refractivity contribution in [1.82, 2.24) is 16.0 Å². The van der Waals surface area contributed by atoms with Gasteiger partial charge in [-0.15, -0.1) is 0 Å². The Morgan fingerprint density at radius 2 is 0.602 bits per heavy atom. The first kappa shape index (κ1) is 107. The largest absolute Gasteiger partial charge is 0.394 e. The second kappa shape index (κ2) is 55.8. The second-order valence-corrected chi connectivity index (χ2v) is 33.5. The van der Waals surface area contributed by atoms with Gasteiger partial charge in [-0.2, -0.15) is 0 Å². The minimum absolute atomic E-state index is 0.164. The number of allylic oxidation sites excluding steroid dienone is 1. The molecular formula is C82H147N3O38. The smallest absolute Gasteiger partial charge is 0.220 e. The number of hydrogen-bond acceptors (Lipinski definition) is 38. The first-order chi connectivity index (χ1) is 59.1. The molecule has 718 valence electrons. The van der Waals surface area contributed by atoms with Crippen molar-refractivity contribution in [2.45, 2.75) is 434 Å². The van der Waals surface area contributed by atoms with Crippen LogP contribution in [0, 0.1) is 0 Å². The van der Waals surface area contributed by atoms with Crippen LogP contribution in [0.1, 0.15) is 207 Å². The fraction of sp³-hybridized carbons (Fsp3) is 0.939. The first-order valence-corrected chi connectivity index (χ1v) is 44.5. The van der Waals surface area contributed by atoms with E-state index in [1.165, 1.54) is 109 Å².